The summed E-state index contributed by atoms with van der Waals surface area (Å²) in [6, 6.07) is 18.8. The smallest absolute Gasteiger partial charge is 0.232 e. The Morgan fingerprint density at radius 3 is 2.26 bits per heavy atom. The molecule has 0 radical (unpaired) electrons. The highest BCUT2D eigenvalue weighted by molar-refractivity contribution is 5.85. The van der Waals surface area contributed by atoms with E-state index < -0.39 is 0 Å². The van der Waals surface area contributed by atoms with Crippen LogP contribution in [0.1, 0.15) is 11.1 Å². The summed E-state index contributed by atoms with van der Waals surface area (Å²) < 4.78 is 5.49. The maximum atomic E-state index is 5.49. The molecule has 1 aliphatic rings. The predicted octanol–water partition coefficient (Wildman–Crippen LogP) is 3.92. The van der Waals surface area contributed by atoms with E-state index in [0.29, 0.717) is 31.1 Å². The summed E-state index contributed by atoms with van der Waals surface area (Å²) >= 11 is 0. The first kappa shape index (κ1) is 23.8. The molecule has 3 N–H and O–H groups in total. The number of nitrogens with zero attached hydrogens (tertiary/aromatic N) is 4. The Balaban J connectivity index is 0.00000274. The van der Waals surface area contributed by atoms with Gasteiger partial charge in [-0.2, -0.15) is 15.0 Å². The fraction of sp³-hybridized carbons (Fsp3) is 0.320. The number of nitrogens with one attached hydrogen (secondary N) is 3. The maximum Gasteiger partial charge on any atom is 0.232 e. The van der Waals surface area contributed by atoms with Crippen molar-refractivity contribution in [2.45, 2.75) is 12.8 Å². The second kappa shape index (κ2) is 11.7. The zero-order chi connectivity index (χ0) is 22.3. The molecule has 1 saturated heterocycles. The summed E-state index contributed by atoms with van der Waals surface area (Å²) in [6.45, 7) is 4.42. The van der Waals surface area contributed by atoms with Gasteiger partial charge in [-0.15, -0.1) is 12.4 Å². The van der Waals surface area contributed by atoms with E-state index in [1.165, 1.54) is 16.5 Å². The average Bonchev–Trinajstić information content (AvgIpc) is 3.28. The van der Waals surface area contributed by atoms with Gasteiger partial charge in [0, 0.05) is 43.3 Å². The van der Waals surface area contributed by atoms with Gasteiger partial charge in [0.1, 0.15) is 0 Å². The van der Waals surface area contributed by atoms with Crippen LogP contribution in [0, 0.1) is 0 Å². The number of aromatic amines is 1. The Morgan fingerprint density at radius 2 is 1.50 bits per heavy atom. The van der Waals surface area contributed by atoms with Crippen LogP contribution in [0.2, 0.25) is 0 Å². The highest BCUT2D eigenvalue weighted by Gasteiger charge is 2.16. The molecule has 1 fully saturated rings. The summed E-state index contributed by atoms with van der Waals surface area (Å²) in [7, 11) is 0. The standard InChI is InChI=1S/C25H29N7O.ClH/c1-2-6-19(7-3-1)10-12-26-23-29-24(31-25(30-23)32-14-16-33-17-15-32)27-13-11-20-18-28-22-9-5-4-8-21(20)22;/h1-9,18,28H,10-17H2,(H2,26,27,29,30,31);1H. The molecule has 34 heavy (non-hydrogen) atoms. The van der Waals surface area contributed by atoms with Crippen LogP contribution in [-0.2, 0) is 17.6 Å². The minimum Gasteiger partial charge on any atom is -0.378 e. The molecule has 1 aliphatic heterocycles. The van der Waals surface area contributed by atoms with Crippen molar-refractivity contribution < 1.29 is 4.74 Å². The van der Waals surface area contributed by atoms with E-state index >= 15 is 0 Å². The lowest BCUT2D eigenvalue weighted by Crippen LogP contribution is -2.37. The van der Waals surface area contributed by atoms with Crippen molar-refractivity contribution in [2.24, 2.45) is 0 Å². The Bertz CT molecular complexity index is 1180. The molecule has 0 amide bonds. The quantitative estimate of drug-likeness (QED) is 0.335. The fourth-order valence-corrected chi connectivity index (χ4v) is 4.04. The van der Waals surface area contributed by atoms with Crippen molar-refractivity contribution in [3.63, 3.8) is 0 Å². The molecule has 2 aromatic heterocycles. The molecule has 0 spiro atoms. The molecule has 178 valence electrons. The molecule has 0 atom stereocenters. The third-order valence-electron chi connectivity index (χ3n) is 5.81. The number of hydrogen-bond donors (Lipinski definition) is 3. The Labute approximate surface area is 205 Å². The van der Waals surface area contributed by atoms with E-state index in [4.69, 9.17) is 9.72 Å². The molecule has 0 bridgehead atoms. The van der Waals surface area contributed by atoms with E-state index in [9.17, 15) is 0 Å². The van der Waals surface area contributed by atoms with Gasteiger partial charge in [0.05, 0.1) is 13.2 Å². The Kier molecular flexibility index (Phi) is 8.17. The van der Waals surface area contributed by atoms with Gasteiger partial charge < -0.3 is 25.3 Å². The number of aromatic nitrogens is 4. The summed E-state index contributed by atoms with van der Waals surface area (Å²) in [5.41, 5.74) is 3.72. The van der Waals surface area contributed by atoms with E-state index in [0.717, 1.165) is 44.5 Å². The van der Waals surface area contributed by atoms with Gasteiger partial charge in [0.25, 0.3) is 0 Å². The second-order valence-corrected chi connectivity index (χ2v) is 8.08. The SMILES string of the molecule is Cl.c1ccc(CCNc2nc(NCCc3c[nH]c4ccccc34)nc(N3CCOCC3)n2)cc1. The third kappa shape index (κ3) is 5.95. The monoisotopic (exact) mass is 479 g/mol. The zero-order valence-corrected chi connectivity index (χ0v) is 19.9. The van der Waals surface area contributed by atoms with Crippen LogP contribution in [0.4, 0.5) is 17.8 Å². The van der Waals surface area contributed by atoms with Crippen LogP contribution < -0.4 is 15.5 Å². The number of morpholine rings is 1. The van der Waals surface area contributed by atoms with Gasteiger partial charge in [-0.05, 0) is 30.0 Å². The second-order valence-electron chi connectivity index (χ2n) is 8.08. The molecule has 9 heteroatoms. The van der Waals surface area contributed by atoms with Crippen molar-refractivity contribution in [1.29, 1.82) is 0 Å². The number of rotatable bonds is 9. The minimum atomic E-state index is 0. The number of H-pyrrole nitrogens is 1. The van der Waals surface area contributed by atoms with E-state index in [2.05, 4.69) is 79.1 Å². The largest absolute Gasteiger partial charge is 0.378 e. The fourth-order valence-electron chi connectivity index (χ4n) is 4.04. The molecule has 2 aromatic carbocycles. The van der Waals surface area contributed by atoms with E-state index in [-0.39, 0.29) is 12.4 Å². The number of ether oxygens (including phenoxy) is 1. The van der Waals surface area contributed by atoms with Crippen LogP contribution in [-0.4, -0.2) is 59.3 Å². The Hall–Kier alpha value is -3.36. The number of para-hydroxylation sites is 1. The lowest BCUT2D eigenvalue weighted by molar-refractivity contribution is 0.122. The topological polar surface area (TPSA) is 91.0 Å². The molecule has 3 heterocycles. The molecule has 0 aliphatic carbocycles. The van der Waals surface area contributed by atoms with Gasteiger partial charge >= 0.3 is 0 Å². The highest BCUT2D eigenvalue weighted by Crippen LogP contribution is 2.19. The first-order valence-corrected chi connectivity index (χ1v) is 11.5. The van der Waals surface area contributed by atoms with Crippen LogP contribution in [0.3, 0.4) is 0 Å². The summed E-state index contributed by atoms with van der Waals surface area (Å²) in [4.78, 5) is 19.5. The highest BCUT2D eigenvalue weighted by atomic mass is 35.5. The number of benzene rings is 2. The molecule has 8 nitrogen and oxygen atoms in total. The molecular formula is C25H30ClN7O. The van der Waals surface area contributed by atoms with Crippen LogP contribution in [0.25, 0.3) is 10.9 Å². The Morgan fingerprint density at radius 1 is 0.824 bits per heavy atom. The van der Waals surface area contributed by atoms with Gasteiger partial charge in [-0.1, -0.05) is 48.5 Å². The van der Waals surface area contributed by atoms with Crippen molar-refractivity contribution >= 4 is 41.2 Å². The first-order chi connectivity index (χ1) is 16.3. The van der Waals surface area contributed by atoms with Crippen molar-refractivity contribution in [1.82, 2.24) is 19.9 Å². The van der Waals surface area contributed by atoms with Crippen LogP contribution in [0.5, 0.6) is 0 Å². The van der Waals surface area contributed by atoms with E-state index in [1.807, 2.05) is 12.1 Å². The number of fused-ring (bicyclic) bond motifs is 1. The molecule has 4 aromatic rings. The van der Waals surface area contributed by atoms with Gasteiger partial charge in [-0.25, -0.2) is 0 Å². The normalized spacial score (nSPS) is 13.5. The maximum absolute atomic E-state index is 5.49. The lowest BCUT2D eigenvalue weighted by Gasteiger charge is -2.27. The van der Waals surface area contributed by atoms with Gasteiger partial charge in [-0.3, -0.25) is 0 Å². The molecule has 5 rings (SSSR count). The summed E-state index contributed by atoms with van der Waals surface area (Å²) in [6.07, 6.45) is 3.86. The molecular weight excluding hydrogens is 450 g/mol. The number of anilines is 3. The van der Waals surface area contributed by atoms with Crippen molar-refractivity contribution in [3.8, 4) is 0 Å². The number of halogens is 1. The first-order valence-electron chi connectivity index (χ1n) is 11.5. The molecule has 0 unspecified atom stereocenters. The zero-order valence-electron chi connectivity index (χ0n) is 19.0. The summed E-state index contributed by atoms with van der Waals surface area (Å²) in [5.74, 6) is 1.87. The van der Waals surface area contributed by atoms with Gasteiger partial charge in [0.2, 0.25) is 17.8 Å². The average molecular weight is 480 g/mol. The van der Waals surface area contributed by atoms with Crippen LogP contribution in [0.15, 0.2) is 60.8 Å². The third-order valence-corrected chi connectivity index (χ3v) is 5.81. The number of hydrogen-bond acceptors (Lipinski definition) is 7. The van der Waals surface area contributed by atoms with Crippen LogP contribution >= 0.6 is 12.4 Å². The predicted molar refractivity (Wildman–Crippen MR) is 139 cm³/mol. The minimum absolute atomic E-state index is 0. The van der Waals surface area contributed by atoms with Crippen molar-refractivity contribution in [3.05, 3.63) is 71.9 Å². The lowest BCUT2D eigenvalue weighted by atomic mass is 10.1. The summed E-state index contributed by atoms with van der Waals surface area (Å²) in [5, 5.41) is 8.03. The van der Waals surface area contributed by atoms with E-state index in [1.54, 1.807) is 0 Å². The van der Waals surface area contributed by atoms with Gasteiger partial charge in [0.15, 0.2) is 0 Å². The molecule has 0 saturated carbocycles. The van der Waals surface area contributed by atoms with Crippen molar-refractivity contribution in [2.75, 3.05) is 54.9 Å².